The van der Waals surface area contributed by atoms with Crippen LogP contribution in [0.4, 0.5) is 30.7 Å². The van der Waals surface area contributed by atoms with Gasteiger partial charge in [0.05, 0.1) is 24.1 Å². The van der Waals surface area contributed by atoms with Crippen LogP contribution in [0.3, 0.4) is 0 Å². The van der Waals surface area contributed by atoms with Crippen molar-refractivity contribution in [3.05, 3.63) is 201 Å². The van der Waals surface area contributed by atoms with Gasteiger partial charge in [-0.15, -0.1) is 0 Å². The summed E-state index contributed by atoms with van der Waals surface area (Å²) in [5, 5.41) is 0. The predicted molar refractivity (Wildman–Crippen MR) is 371 cm³/mol. The van der Waals surface area contributed by atoms with Gasteiger partial charge in [-0.1, -0.05) is 129 Å². The topological polar surface area (TPSA) is 132 Å². The van der Waals surface area contributed by atoms with E-state index in [0.717, 1.165) is 125 Å². The van der Waals surface area contributed by atoms with E-state index < -0.39 is 46.4 Å². The van der Waals surface area contributed by atoms with E-state index >= 15 is 0 Å². The minimum atomic E-state index is -5.08. The second-order valence-corrected chi connectivity index (χ2v) is 27.4. The first-order valence-corrected chi connectivity index (χ1v) is 35.0. The molecule has 100 heavy (non-hydrogen) atoms. The average molecular weight is 1390 g/mol. The number of hydrogen-bond acceptors (Lipinski definition) is 10. The Bertz CT molecular complexity index is 3640. The van der Waals surface area contributed by atoms with Crippen molar-refractivity contribution < 1.29 is 68.9 Å². The molecule has 0 bridgehead atoms. The Kier molecular flexibility index (Phi) is 26.7. The van der Waals surface area contributed by atoms with Gasteiger partial charge in [0.25, 0.3) is 11.8 Å². The fourth-order valence-corrected chi connectivity index (χ4v) is 14.5. The van der Waals surface area contributed by atoms with Gasteiger partial charge >= 0.3 is 18.3 Å². The van der Waals surface area contributed by atoms with E-state index in [1.54, 1.807) is 23.9 Å². The molecule has 1 aliphatic carbocycles. The number of carbonyl (C=O) groups excluding carboxylic acids is 5. The maximum atomic E-state index is 13.9. The number of likely N-dealkylation sites (tertiary alicyclic amines) is 2. The third-order valence-electron chi connectivity index (χ3n) is 20.6. The van der Waals surface area contributed by atoms with Crippen LogP contribution in [0.1, 0.15) is 144 Å². The van der Waals surface area contributed by atoms with Crippen LogP contribution in [0.2, 0.25) is 0 Å². The average Bonchev–Trinajstić information content (AvgIpc) is 1.59. The highest BCUT2D eigenvalue weighted by Gasteiger charge is 2.48. The fourth-order valence-electron chi connectivity index (χ4n) is 14.5. The number of halogens is 7. The molecule has 4 aliphatic rings. The largest absolute Gasteiger partial charge is 0.462 e. The molecule has 0 radical (unpaired) electrons. The Balaban J connectivity index is 0.000000237. The standard InChI is InChI=1S/C45H62N4O6.C34H33F7N2O2/c1-46(43(51)35-54-4)28-15-29-48(3)45(53)38-24-22-36(23-25-38)16-9-6-5-7-12-21-42(50)47(2)32-33-49-30-26-40(27-31-49)55-44(52)34-39-19-13-14-20-41(39)37-17-10-8-11-18-37;1-22-16-23-4-2-3-5-29(23)31(22)10-13-42(14-11-31)15-12-32(25-6-8-28(35)9-7-25)20-43(21-45-32)30(44)24-17-26(33(36,37)38)19-27(18-24)34(39,40)41/h8,10-11,13-14,17-20,22-25,40H,5-7,9,12,15-16,21,26-35H2,1-4H3;2-9,17-19,22H,10-16,20-21H2,1H3/t;22-,32-/m.0/s1. The lowest BCUT2D eigenvalue weighted by Gasteiger charge is -2.44. The molecule has 10 rings (SSSR count). The van der Waals surface area contributed by atoms with Gasteiger partial charge in [-0.3, -0.25) is 24.0 Å². The number of hydrogen-bond donors (Lipinski definition) is 0. The van der Waals surface area contributed by atoms with Crippen molar-refractivity contribution in [3.8, 4) is 11.1 Å². The molecular weight excluding hydrogens is 1290 g/mol. The Morgan fingerprint density at radius 3 is 1.92 bits per heavy atom. The molecule has 21 heteroatoms. The van der Waals surface area contributed by atoms with Crippen LogP contribution in [-0.4, -0.2) is 172 Å². The Morgan fingerprint density at radius 1 is 0.630 bits per heavy atom. The van der Waals surface area contributed by atoms with E-state index in [9.17, 15) is 54.7 Å². The van der Waals surface area contributed by atoms with Crippen LogP contribution < -0.4 is 0 Å². The smallest absolute Gasteiger partial charge is 0.416 e. The normalized spacial score (nSPS) is 17.9. The highest BCUT2D eigenvalue weighted by molar-refractivity contribution is 5.95. The van der Waals surface area contributed by atoms with Crippen molar-refractivity contribution >= 4 is 29.6 Å². The summed E-state index contributed by atoms with van der Waals surface area (Å²) in [7, 11) is 6.94. The van der Waals surface area contributed by atoms with Crippen LogP contribution in [0.15, 0.2) is 146 Å². The van der Waals surface area contributed by atoms with Crippen LogP contribution >= 0.6 is 0 Å². The van der Waals surface area contributed by atoms with Gasteiger partial charge in [0.2, 0.25) is 11.8 Å². The lowest BCUT2D eigenvalue weighted by Crippen LogP contribution is -2.46. The second-order valence-electron chi connectivity index (χ2n) is 27.4. The maximum absolute atomic E-state index is 13.9. The van der Waals surface area contributed by atoms with Crippen LogP contribution in [0, 0.1) is 11.7 Å². The molecule has 2 atom stereocenters. The van der Waals surface area contributed by atoms with E-state index in [1.807, 2.05) is 72.6 Å². The Morgan fingerprint density at radius 2 is 1.24 bits per heavy atom. The summed E-state index contributed by atoms with van der Waals surface area (Å²) in [5.41, 5.74) is 3.58. The van der Waals surface area contributed by atoms with E-state index in [4.69, 9.17) is 14.2 Å². The molecule has 6 aromatic carbocycles. The summed E-state index contributed by atoms with van der Waals surface area (Å²) in [6.07, 6.45) is 2.55. The number of piperidine rings is 2. The third-order valence-corrected chi connectivity index (χ3v) is 20.6. The highest BCUT2D eigenvalue weighted by Crippen LogP contribution is 2.50. The Hall–Kier alpha value is -7.98. The number of benzene rings is 6. The van der Waals surface area contributed by atoms with Gasteiger partial charge in [-0.05, 0) is 165 Å². The fraction of sp³-hybridized carbons (Fsp3) is 0.481. The third kappa shape index (κ3) is 20.4. The number of aryl methyl sites for hydroxylation is 1. The molecule has 1 spiro atoms. The summed E-state index contributed by atoms with van der Waals surface area (Å²) in [4.78, 5) is 74.7. The van der Waals surface area contributed by atoms with Crippen LogP contribution in [-0.2, 0) is 71.2 Å². The number of methoxy groups -OCH3 is 1. The summed E-state index contributed by atoms with van der Waals surface area (Å²) in [6, 6.07) is 41.1. The zero-order valence-electron chi connectivity index (χ0n) is 58.2. The Labute approximate surface area is 583 Å². The molecule has 14 nitrogen and oxygen atoms in total. The van der Waals surface area contributed by atoms with Crippen molar-refractivity contribution in [1.82, 2.24) is 29.4 Å². The molecule has 4 amide bonds. The monoisotopic (exact) mass is 1390 g/mol. The number of alkyl halides is 6. The molecule has 0 N–H and O–H groups in total. The lowest BCUT2D eigenvalue weighted by atomic mass is 9.68. The van der Waals surface area contributed by atoms with Crippen LogP contribution in [0.5, 0.6) is 0 Å². The highest BCUT2D eigenvalue weighted by atomic mass is 19.4. The molecule has 3 saturated heterocycles. The SMILES string of the molecule is COCC(=O)N(C)CCCN(C)C(=O)c1ccc(CCCCCCCC(=O)N(C)CCN2CCC(OC(=O)Cc3ccccc3-c3ccccc3)CC2)cc1.C[C@H]1Cc2ccccc2C12CCN(CC[C@@]1(c3ccc(F)cc3)CN(C(=O)c3cc(C(F)(F)F)cc(C(F)(F)F)c3)CO1)CC2. The van der Waals surface area contributed by atoms with Gasteiger partial charge in [0.15, 0.2) is 0 Å². The number of carbonyl (C=O) groups is 5. The molecule has 3 heterocycles. The lowest BCUT2D eigenvalue weighted by molar-refractivity contribution is -0.150. The molecule has 3 aliphatic heterocycles. The first-order chi connectivity index (χ1) is 47.8. The van der Waals surface area contributed by atoms with Crippen molar-refractivity contribution in [2.24, 2.45) is 5.92 Å². The van der Waals surface area contributed by atoms with Gasteiger partial charge in [0, 0.05) is 97.0 Å². The number of likely N-dealkylation sites (N-methyl/N-ethyl adjacent to an activating group) is 2. The van der Waals surface area contributed by atoms with Gasteiger partial charge in [-0.2, -0.15) is 26.3 Å². The van der Waals surface area contributed by atoms with E-state index in [-0.39, 0.29) is 67.6 Å². The number of rotatable bonds is 27. The molecule has 0 unspecified atom stereocenters. The first-order valence-electron chi connectivity index (χ1n) is 35.0. The van der Waals surface area contributed by atoms with Crippen molar-refractivity contribution in [3.63, 3.8) is 0 Å². The maximum Gasteiger partial charge on any atom is 0.416 e. The number of ether oxygens (including phenoxy) is 3. The van der Waals surface area contributed by atoms with Crippen LogP contribution in [0.25, 0.3) is 11.1 Å². The van der Waals surface area contributed by atoms with E-state index in [1.165, 1.54) is 48.1 Å². The minimum Gasteiger partial charge on any atom is -0.462 e. The zero-order chi connectivity index (χ0) is 71.6. The summed E-state index contributed by atoms with van der Waals surface area (Å²) in [5.74, 6) is -1.03. The zero-order valence-corrected chi connectivity index (χ0v) is 58.2. The molecular formula is C79H95F7N6O8. The molecule has 538 valence electrons. The van der Waals surface area contributed by atoms with Crippen molar-refractivity contribution in [2.75, 3.05) is 107 Å². The summed E-state index contributed by atoms with van der Waals surface area (Å²) < 4.78 is 112. The predicted octanol–water partition coefficient (Wildman–Crippen LogP) is 14.3. The molecule has 6 aromatic rings. The number of fused-ring (bicyclic) bond motifs is 2. The molecule has 0 saturated carbocycles. The first kappa shape index (κ1) is 76.2. The summed E-state index contributed by atoms with van der Waals surface area (Å²) in [6.45, 7) is 8.57. The molecule has 0 aromatic heterocycles. The van der Waals surface area contributed by atoms with E-state index in [2.05, 4.69) is 59.2 Å². The quantitative estimate of drug-likeness (QED) is 0.0279. The number of nitrogens with zero attached hydrogens (tertiary/aromatic N) is 6. The van der Waals surface area contributed by atoms with Crippen molar-refractivity contribution in [2.45, 2.75) is 133 Å². The number of esters is 1. The number of amides is 4. The van der Waals surface area contributed by atoms with Gasteiger partial charge < -0.3 is 43.6 Å². The summed E-state index contributed by atoms with van der Waals surface area (Å²) >= 11 is 0. The van der Waals surface area contributed by atoms with Crippen molar-refractivity contribution in [1.29, 1.82) is 0 Å². The second kappa shape index (κ2) is 35.1. The van der Waals surface area contributed by atoms with Gasteiger partial charge in [0.1, 0.15) is 30.9 Å². The van der Waals surface area contributed by atoms with E-state index in [0.29, 0.717) is 74.6 Å². The minimum absolute atomic E-state index is 0.00621. The number of unbranched alkanes of at least 4 members (excludes halogenated alkanes) is 4. The molecule has 3 fully saturated rings. The van der Waals surface area contributed by atoms with Gasteiger partial charge in [-0.25, -0.2) is 4.39 Å².